The van der Waals surface area contributed by atoms with Crippen molar-refractivity contribution in [3.05, 3.63) is 34.1 Å². The average molecular weight is 349 g/mol. The molecule has 3 rings (SSSR count). The smallest absolute Gasteiger partial charge is 0.215 e. The number of nitrogens with two attached hydrogens (primary N) is 1. The molecule has 4 nitrogen and oxygen atoms in total. The van der Waals surface area contributed by atoms with E-state index < -0.39 is 0 Å². The maximum absolute atomic E-state index is 5.72. The third kappa shape index (κ3) is 2.19. The minimum atomic E-state index is 0.125. The van der Waals surface area contributed by atoms with Crippen LogP contribution < -0.4 is 5.73 Å². The zero-order valence-corrected chi connectivity index (χ0v) is 14.5. The van der Waals surface area contributed by atoms with Crippen LogP contribution in [0.4, 0.5) is 0 Å². The lowest BCUT2D eigenvalue weighted by atomic mass is 9.87. The largest absolute Gasteiger partial charge is 0.330 e. The molecule has 0 aliphatic heterocycles. The molecule has 0 bridgehead atoms. The van der Waals surface area contributed by atoms with Crippen molar-refractivity contribution in [2.75, 3.05) is 6.54 Å². The van der Waals surface area contributed by atoms with E-state index in [-0.39, 0.29) is 5.41 Å². The summed E-state index contributed by atoms with van der Waals surface area (Å²) < 4.78 is 5.35. The third-order valence-electron chi connectivity index (χ3n) is 4.02. The Balaban J connectivity index is 2.35. The molecule has 2 heterocycles. The summed E-state index contributed by atoms with van der Waals surface area (Å²) in [5.74, 6) is 0.950. The molecule has 2 N–H and O–H groups in total. The molecule has 112 valence electrons. The van der Waals surface area contributed by atoms with Crippen molar-refractivity contribution >= 4 is 32.7 Å². The van der Waals surface area contributed by atoms with E-state index >= 15 is 0 Å². The molecule has 0 aliphatic carbocycles. The van der Waals surface area contributed by atoms with E-state index in [1.165, 1.54) is 11.3 Å². The van der Waals surface area contributed by atoms with Gasteiger partial charge in [0.1, 0.15) is 4.60 Å². The summed E-state index contributed by atoms with van der Waals surface area (Å²) in [6.07, 6.45) is 0.834. The lowest BCUT2D eigenvalue weighted by Gasteiger charge is -2.18. The standard InChI is InChI=1S/C16H21BrN4/c1-16(2,3)10-5-6-11-13(9-10)21-14(17)12(7-8-18)20(4)15(21)19-11/h5-6,9H,7-8,18H2,1-4H3. The Labute approximate surface area is 133 Å². The molecule has 0 atom stereocenters. The number of imidazole rings is 2. The predicted octanol–water partition coefficient (Wildman–Crippen LogP) is 3.39. The molecule has 3 aromatic rings. The molecule has 0 amide bonds. The van der Waals surface area contributed by atoms with Gasteiger partial charge in [0, 0.05) is 13.5 Å². The number of benzene rings is 1. The predicted molar refractivity (Wildman–Crippen MR) is 90.8 cm³/mol. The van der Waals surface area contributed by atoms with E-state index in [1.54, 1.807) is 0 Å². The Morgan fingerprint density at radius 3 is 2.62 bits per heavy atom. The molecule has 0 spiro atoms. The Morgan fingerprint density at radius 2 is 2.00 bits per heavy atom. The second-order valence-corrected chi connectivity index (χ2v) is 7.29. The Bertz CT molecular complexity index is 820. The van der Waals surface area contributed by atoms with Gasteiger partial charge in [-0.1, -0.05) is 26.8 Å². The van der Waals surface area contributed by atoms with Crippen LogP contribution in [0.2, 0.25) is 0 Å². The van der Waals surface area contributed by atoms with Crippen LogP contribution in [0.3, 0.4) is 0 Å². The van der Waals surface area contributed by atoms with E-state index in [1.807, 2.05) is 7.05 Å². The highest BCUT2D eigenvalue weighted by Gasteiger charge is 2.20. The fourth-order valence-corrected chi connectivity index (χ4v) is 3.56. The first-order valence-electron chi connectivity index (χ1n) is 7.20. The summed E-state index contributed by atoms with van der Waals surface area (Å²) in [5.41, 5.74) is 10.5. The number of halogens is 1. The lowest BCUT2D eigenvalue weighted by Crippen LogP contribution is -2.10. The highest BCUT2D eigenvalue weighted by atomic mass is 79.9. The van der Waals surface area contributed by atoms with Crippen LogP contribution >= 0.6 is 15.9 Å². The van der Waals surface area contributed by atoms with E-state index in [4.69, 9.17) is 10.7 Å². The average Bonchev–Trinajstić information content (AvgIpc) is 2.89. The van der Waals surface area contributed by atoms with Gasteiger partial charge in [0.25, 0.3) is 0 Å². The van der Waals surface area contributed by atoms with Gasteiger partial charge in [-0.3, -0.25) is 4.40 Å². The monoisotopic (exact) mass is 348 g/mol. The van der Waals surface area contributed by atoms with Crippen LogP contribution in [0.15, 0.2) is 22.8 Å². The quantitative estimate of drug-likeness (QED) is 0.771. The second-order valence-electron chi connectivity index (χ2n) is 6.54. The topological polar surface area (TPSA) is 48.2 Å². The molecule has 1 aromatic carbocycles. The summed E-state index contributed by atoms with van der Waals surface area (Å²) in [5, 5.41) is 0. The summed E-state index contributed by atoms with van der Waals surface area (Å²) >= 11 is 3.73. The third-order valence-corrected chi connectivity index (χ3v) is 4.84. The first-order chi connectivity index (χ1) is 9.84. The molecule has 0 saturated carbocycles. The highest BCUT2D eigenvalue weighted by Crippen LogP contribution is 2.30. The van der Waals surface area contributed by atoms with E-state index in [0.717, 1.165) is 27.8 Å². The Morgan fingerprint density at radius 1 is 1.29 bits per heavy atom. The Hall–Kier alpha value is -1.33. The van der Waals surface area contributed by atoms with Gasteiger partial charge in [-0.25, -0.2) is 4.98 Å². The molecule has 21 heavy (non-hydrogen) atoms. The zero-order valence-electron chi connectivity index (χ0n) is 12.9. The number of nitrogens with zero attached hydrogens (tertiary/aromatic N) is 3. The van der Waals surface area contributed by atoms with E-state index in [0.29, 0.717) is 6.54 Å². The van der Waals surface area contributed by atoms with Crippen LogP contribution in [0, 0.1) is 0 Å². The van der Waals surface area contributed by atoms with Gasteiger partial charge in [-0.05, 0) is 45.6 Å². The maximum Gasteiger partial charge on any atom is 0.215 e. The number of aromatic nitrogens is 3. The first kappa shape index (κ1) is 14.6. The maximum atomic E-state index is 5.72. The fraction of sp³-hybridized carbons (Fsp3) is 0.438. The highest BCUT2D eigenvalue weighted by molar-refractivity contribution is 9.10. The second kappa shape index (κ2) is 4.85. The molecule has 0 saturated heterocycles. The summed E-state index contributed by atoms with van der Waals surface area (Å²) in [4.78, 5) is 4.76. The Kier molecular flexibility index (Phi) is 3.37. The van der Waals surface area contributed by atoms with Crippen LogP contribution in [0.5, 0.6) is 0 Å². The SMILES string of the molecule is Cn1c(CCN)c(Br)n2c3cc(C(C)(C)C)ccc3nc12. The van der Waals surface area contributed by atoms with Gasteiger partial charge >= 0.3 is 0 Å². The molecule has 0 fully saturated rings. The van der Waals surface area contributed by atoms with Crippen molar-refractivity contribution < 1.29 is 0 Å². The fourth-order valence-electron chi connectivity index (χ4n) is 2.74. The first-order valence-corrected chi connectivity index (χ1v) is 7.99. The number of hydrogen-bond acceptors (Lipinski definition) is 2. The van der Waals surface area contributed by atoms with Crippen LogP contribution in [0.25, 0.3) is 16.8 Å². The molecule has 5 heteroatoms. The number of aryl methyl sites for hydroxylation is 1. The molecule has 0 aliphatic rings. The van der Waals surface area contributed by atoms with Gasteiger partial charge in [-0.2, -0.15) is 0 Å². The number of hydrogen-bond donors (Lipinski definition) is 1. The van der Waals surface area contributed by atoms with Crippen molar-refractivity contribution in [3.8, 4) is 0 Å². The van der Waals surface area contributed by atoms with Crippen molar-refractivity contribution in [3.63, 3.8) is 0 Å². The summed E-state index contributed by atoms with van der Waals surface area (Å²) in [6.45, 7) is 7.32. The van der Waals surface area contributed by atoms with E-state index in [9.17, 15) is 0 Å². The molecular formula is C16H21BrN4. The molecule has 0 unspecified atom stereocenters. The minimum absolute atomic E-state index is 0.125. The van der Waals surface area contributed by atoms with Gasteiger partial charge in [0.15, 0.2) is 0 Å². The van der Waals surface area contributed by atoms with Crippen LogP contribution in [0.1, 0.15) is 32.0 Å². The van der Waals surface area contributed by atoms with Crippen molar-refractivity contribution in [1.82, 2.24) is 14.0 Å². The van der Waals surface area contributed by atoms with Gasteiger partial charge in [-0.15, -0.1) is 0 Å². The normalized spacial score (nSPS) is 12.7. The van der Waals surface area contributed by atoms with Gasteiger partial charge < -0.3 is 10.3 Å². The molecule has 0 radical (unpaired) electrons. The molecule has 2 aromatic heterocycles. The van der Waals surface area contributed by atoms with Crippen molar-refractivity contribution in [2.24, 2.45) is 12.8 Å². The summed E-state index contributed by atoms with van der Waals surface area (Å²) in [7, 11) is 2.04. The number of fused-ring (bicyclic) bond motifs is 3. The molecular weight excluding hydrogens is 328 g/mol. The van der Waals surface area contributed by atoms with Gasteiger partial charge in [0.2, 0.25) is 5.78 Å². The van der Waals surface area contributed by atoms with Crippen molar-refractivity contribution in [2.45, 2.75) is 32.6 Å². The zero-order chi connectivity index (χ0) is 15.4. The summed E-state index contributed by atoms with van der Waals surface area (Å²) in [6, 6.07) is 6.52. The van der Waals surface area contributed by atoms with Gasteiger partial charge in [0.05, 0.1) is 16.7 Å². The van der Waals surface area contributed by atoms with Crippen molar-refractivity contribution in [1.29, 1.82) is 0 Å². The minimum Gasteiger partial charge on any atom is -0.330 e. The van der Waals surface area contributed by atoms with E-state index in [2.05, 4.69) is 63.9 Å². The van der Waals surface area contributed by atoms with Crippen LogP contribution in [-0.2, 0) is 18.9 Å². The number of rotatable bonds is 2. The van der Waals surface area contributed by atoms with Crippen LogP contribution in [-0.4, -0.2) is 20.5 Å². The lowest BCUT2D eigenvalue weighted by molar-refractivity contribution is 0.591.